The maximum atomic E-state index is 12.5. The van der Waals surface area contributed by atoms with E-state index in [0.29, 0.717) is 6.04 Å². The molecule has 2 saturated heterocycles. The average molecular weight is 316 g/mol. The van der Waals surface area contributed by atoms with Gasteiger partial charge in [0, 0.05) is 18.0 Å². The minimum Gasteiger partial charge on any atom is -0.469 e. The summed E-state index contributed by atoms with van der Waals surface area (Å²) >= 11 is 0. The third-order valence-electron chi connectivity index (χ3n) is 5.32. The number of ether oxygens (including phenoxy) is 1. The summed E-state index contributed by atoms with van der Waals surface area (Å²) in [5, 5.41) is 0. The zero-order valence-corrected chi connectivity index (χ0v) is 13.7. The molecule has 3 nitrogen and oxygen atoms in total. The Labute approximate surface area is 137 Å². The second kappa shape index (κ2) is 6.73. The van der Waals surface area contributed by atoms with Gasteiger partial charge in [-0.1, -0.05) is 29.8 Å². The Hall–Kier alpha value is -1.84. The van der Waals surface area contributed by atoms with Crippen molar-refractivity contribution in [3.63, 3.8) is 0 Å². The number of methoxy groups -OCH3 is 1. The summed E-state index contributed by atoms with van der Waals surface area (Å²) in [6.07, 6.45) is 6.30. The summed E-state index contributed by atoms with van der Waals surface area (Å²) in [6.45, 7) is 1.59. The first-order valence-corrected chi connectivity index (χ1v) is 8.30. The number of benzene rings is 1. The van der Waals surface area contributed by atoms with E-state index < -0.39 is 6.67 Å². The van der Waals surface area contributed by atoms with Gasteiger partial charge in [0.25, 0.3) is 0 Å². The van der Waals surface area contributed by atoms with Crippen molar-refractivity contribution in [1.82, 2.24) is 4.90 Å². The van der Waals surface area contributed by atoms with Gasteiger partial charge in [0.1, 0.15) is 6.67 Å². The van der Waals surface area contributed by atoms with Gasteiger partial charge in [0.2, 0.25) is 0 Å². The predicted octanol–water partition coefficient (Wildman–Crippen LogP) is 3.59. The topological polar surface area (TPSA) is 29.5 Å². The summed E-state index contributed by atoms with van der Waals surface area (Å²) in [4.78, 5) is 14.7. The lowest BCUT2D eigenvalue weighted by molar-refractivity contribution is -0.149. The average Bonchev–Trinajstić information content (AvgIpc) is 2.84. The van der Waals surface area contributed by atoms with Gasteiger partial charge in [0.15, 0.2) is 0 Å². The van der Waals surface area contributed by atoms with Crippen LogP contribution in [-0.2, 0) is 9.53 Å². The number of allylic oxidation sites excluding steroid dienone is 1. The Morgan fingerprint density at radius 3 is 2.74 bits per heavy atom. The first kappa shape index (κ1) is 16.0. The molecular formula is C19H24FNO2. The number of rotatable bonds is 4. The van der Waals surface area contributed by atoms with Crippen molar-refractivity contribution in [2.24, 2.45) is 5.92 Å². The number of fused-ring (bicyclic) bond motifs is 2. The third-order valence-corrected chi connectivity index (χ3v) is 5.32. The molecule has 0 N–H and O–H groups in total. The molecule has 0 amide bonds. The highest BCUT2D eigenvalue weighted by atomic mass is 18.2. The molecule has 4 atom stereocenters. The molecule has 2 fully saturated rings. The van der Waals surface area contributed by atoms with Crippen LogP contribution >= 0.6 is 0 Å². The molecule has 0 saturated carbocycles. The van der Waals surface area contributed by atoms with E-state index in [0.717, 1.165) is 19.3 Å². The van der Waals surface area contributed by atoms with E-state index in [1.165, 1.54) is 24.3 Å². The molecule has 2 aliphatic rings. The van der Waals surface area contributed by atoms with Crippen LogP contribution in [0.3, 0.4) is 0 Å². The van der Waals surface area contributed by atoms with Crippen molar-refractivity contribution in [1.29, 1.82) is 0 Å². The first-order chi connectivity index (χ1) is 11.2. The lowest BCUT2D eigenvalue weighted by Crippen LogP contribution is -2.48. The van der Waals surface area contributed by atoms with Crippen LogP contribution in [0.2, 0.25) is 0 Å². The van der Waals surface area contributed by atoms with Crippen molar-refractivity contribution < 1.29 is 13.9 Å². The Kier molecular flexibility index (Phi) is 4.69. The van der Waals surface area contributed by atoms with Gasteiger partial charge in [-0.2, -0.15) is 0 Å². The molecule has 0 aromatic heterocycles. The van der Waals surface area contributed by atoms with Gasteiger partial charge in [-0.15, -0.1) is 0 Å². The molecular weight excluding hydrogens is 292 g/mol. The normalized spacial score (nSPS) is 30.0. The number of aryl methyl sites for hydroxylation is 1. The first-order valence-electron chi connectivity index (χ1n) is 8.30. The number of alkyl halides is 1. The standard InChI is InChI=1S/C19H24FNO2/c1-13-4-6-14(7-5-13)16-12-15-8-9-17(18(16)19(22)23-2)21(15)11-3-10-20/h3-7,11,15-18H,8-10,12H2,1-2H3/b11-3+/i20-1. The number of halogens is 1. The van der Waals surface area contributed by atoms with E-state index in [1.807, 2.05) is 6.20 Å². The van der Waals surface area contributed by atoms with Crippen LogP contribution in [0.4, 0.5) is 4.39 Å². The molecule has 1 aromatic carbocycles. The SMILES string of the molecule is COC(=O)C1C(c2ccc(C)cc2)CC2CCC1N2/C=C/C[18F]. The van der Waals surface area contributed by atoms with Crippen LogP contribution in [0.1, 0.15) is 36.3 Å². The fraction of sp³-hybridized carbons (Fsp3) is 0.526. The molecule has 2 bridgehead atoms. The van der Waals surface area contributed by atoms with E-state index in [4.69, 9.17) is 4.74 Å². The number of hydrogen-bond donors (Lipinski definition) is 0. The maximum Gasteiger partial charge on any atom is 0.311 e. The van der Waals surface area contributed by atoms with Crippen LogP contribution in [0.25, 0.3) is 0 Å². The molecule has 0 spiro atoms. The van der Waals surface area contributed by atoms with Crippen molar-refractivity contribution >= 4 is 5.97 Å². The number of carbonyl (C=O) groups excluding carboxylic acids is 1. The van der Waals surface area contributed by atoms with E-state index >= 15 is 0 Å². The highest BCUT2D eigenvalue weighted by Gasteiger charge is 2.50. The molecule has 1 aromatic rings. The largest absolute Gasteiger partial charge is 0.469 e. The smallest absolute Gasteiger partial charge is 0.311 e. The Balaban J connectivity index is 1.93. The van der Waals surface area contributed by atoms with E-state index in [-0.39, 0.29) is 23.8 Å². The molecule has 3 rings (SSSR count). The predicted molar refractivity (Wildman–Crippen MR) is 87.8 cm³/mol. The molecule has 0 aliphatic carbocycles. The second-order valence-electron chi connectivity index (χ2n) is 6.59. The van der Waals surface area contributed by atoms with Crippen LogP contribution < -0.4 is 0 Å². The number of carbonyl (C=O) groups is 1. The molecule has 4 unspecified atom stereocenters. The van der Waals surface area contributed by atoms with E-state index in [1.54, 1.807) is 0 Å². The van der Waals surface area contributed by atoms with Crippen molar-refractivity contribution in [2.75, 3.05) is 13.8 Å². The van der Waals surface area contributed by atoms with Crippen molar-refractivity contribution in [2.45, 2.75) is 44.2 Å². The van der Waals surface area contributed by atoms with Gasteiger partial charge < -0.3 is 9.64 Å². The number of esters is 1. The Morgan fingerprint density at radius 2 is 2.09 bits per heavy atom. The summed E-state index contributed by atoms with van der Waals surface area (Å²) in [7, 11) is 1.46. The third kappa shape index (κ3) is 2.99. The van der Waals surface area contributed by atoms with Gasteiger partial charge in [-0.25, -0.2) is 4.39 Å². The molecule has 0 radical (unpaired) electrons. The summed E-state index contributed by atoms with van der Waals surface area (Å²) < 4.78 is 17.6. The quantitative estimate of drug-likeness (QED) is 0.795. The van der Waals surface area contributed by atoms with Crippen LogP contribution in [0.5, 0.6) is 0 Å². The monoisotopic (exact) mass is 316 g/mol. The van der Waals surface area contributed by atoms with Gasteiger partial charge in [-0.05, 0) is 44.0 Å². The number of hydrogen-bond acceptors (Lipinski definition) is 3. The van der Waals surface area contributed by atoms with Crippen LogP contribution in [0.15, 0.2) is 36.5 Å². The zero-order chi connectivity index (χ0) is 16.4. The van der Waals surface area contributed by atoms with Crippen molar-refractivity contribution in [3.8, 4) is 0 Å². The summed E-state index contributed by atoms with van der Waals surface area (Å²) in [5.41, 5.74) is 2.42. The van der Waals surface area contributed by atoms with Gasteiger partial charge in [0.05, 0.1) is 13.0 Å². The van der Waals surface area contributed by atoms with Gasteiger partial charge in [-0.3, -0.25) is 4.79 Å². The minimum absolute atomic E-state index is 0.107. The molecule has 23 heavy (non-hydrogen) atoms. The minimum atomic E-state index is -0.472. The summed E-state index contributed by atoms with van der Waals surface area (Å²) in [6, 6.07) is 8.94. The lowest BCUT2D eigenvalue weighted by Gasteiger charge is -2.43. The molecule has 124 valence electrons. The molecule has 2 aliphatic heterocycles. The lowest BCUT2D eigenvalue weighted by atomic mass is 9.76. The van der Waals surface area contributed by atoms with E-state index in [2.05, 4.69) is 36.1 Å². The van der Waals surface area contributed by atoms with Crippen LogP contribution in [0, 0.1) is 12.8 Å². The van der Waals surface area contributed by atoms with Gasteiger partial charge >= 0.3 is 5.97 Å². The Bertz CT molecular complexity index is 584. The molecule has 4 heteroatoms. The second-order valence-corrected chi connectivity index (χ2v) is 6.59. The highest BCUT2D eigenvalue weighted by Crippen LogP contribution is 2.47. The number of piperidine rings is 1. The van der Waals surface area contributed by atoms with E-state index in [9.17, 15) is 9.18 Å². The Morgan fingerprint density at radius 1 is 1.35 bits per heavy atom. The van der Waals surface area contributed by atoms with Crippen LogP contribution in [-0.4, -0.2) is 36.7 Å². The zero-order valence-electron chi connectivity index (χ0n) is 13.7. The fourth-order valence-corrected chi connectivity index (χ4v) is 4.25. The maximum absolute atomic E-state index is 12.5. The fourth-order valence-electron chi connectivity index (χ4n) is 4.25. The van der Waals surface area contributed by atoms with Crippen molar-refractivity contribution in [3.05, 3.63) is 47.7 Å². The highest BCUT2D eigenvalue weighted by molar-refractivity contribution is 5.75. The summed E-state index contributed by atoms with van der Waals surface area (Å²) in [5.74, 6) is -0.166. The molecule has 2 heterocycles. The number of nitrogens with zero attached hydrogens (tertiary/aromatic N) is 1.